The van der Waals surface area contributed by atoms with Crippen molar-refractivity contribution in [1.82, 2.24) is 4.98 Å². The number of aryl methyl sites for hydroxylation is 1. The highest BCUT2D eigenvalue weighted by atomic mass is 32.2. The van der Waals surface area contributed by atoms with Crippen molar-refractivity contribution in [3.63, 3.8) is 0 Å². The molecule has 0 saturated heterocycles. The second kappa shape index (κ2) is 8.12. The molecule has 0 bridgehead atoms. The predicted octanol–water partition coefficient (Wildman–Crippen LogP) is 3.90. The zero-order chi connectivity index (χ0) is 23.0. The topological polar surface area (TPSA) is 116 Å². The Morgan fingerprint density at radius 2 is 1.81 bits per heavy atom. The Morgan fingerprint density at radius 3 is 2.47 bits per heavy atom. The number of rotatable bonds is 6. The van der Waals surface area contributed by atoms with Gasteiger partial charge in [-0.1, -0.05) is 36.4 Å². The number of aliphatic carboxylic acids is 1. The molecule has 0 aliphatic carbocycles. The predicted molar refractivity (Wildman–Crippen MR) is 123 cm³/mol. The van der Waals surface area contributed by atoms with E-state index >= 15 is 0 Å². The minimum absolute atomic E-state index is 0.0275. The number of H-pyrrole nitrogens is 1. The fourth-order valence-corrected chi connectivity index (χ4v) is 5.34. The molecule has 3 aromatic rings. The normalized spacial score (nSPS) is 14.4. The molecule has 2 heterocycles. The van der Waals surface area contributed by atoms with Crippen molar-refractivity contribution >= 4 is 39.1 Å². The van der Waals surface area contributed by atoms with E-state index in [1.54, 1.807) is 13.0 Å². The van der Waals surface area contributed by atoms with E-state index in [1.165, 1.54) is 0 Å². The van der Waals surface area contributed by atoms with E-state index in [9.17, 15) is 18.0 Å². The summed E-state index contributed by atoms with van der Waals surface area (Å²) in [6, 6.07) is 15.4. The summed E-state index contributed by atoms with van der Waals surface area (Å²) in [5.41, 5.74) is 4.91. The van der Waals surface area contributed by atoms with E-state index in [0.717, 1.165) is 17.4 Å². The number of carboxylic acids is 1. The highest BCUT2D eigenvalue weighted by molar-refractivity contribution is 7.90. The van der Waals surface area contributed by atoms with E-state index in [4.69, 9.17) is 5.11 Å². The quantitative estimate of drug-likeness (QED) is 0.493. The number of hydrogen-bond acceptors (Lipinski definition) is 4. The van der Waals surface area contributed by atoms with Crippen LogP contribution in [0.3, 0.4) is 0 Å². The van der Waals surface area contributed by atoms with Crippen molar-refractivity contribution in [2.24, 2.45) is 0 Å². The average molecular weight is 451 g/mol. The number of carboxylic acid groups (broad SMARTS) is 1. The van der Waals surface area contributed by atoms with Gasteiger partial charge in [-0.05, 0) is 48.2 Å². The first kappa shape index (κ1) is 21.6. The molecule has 7 nitrogen and oxygen atoms in total. The highest BCUT2D eigenvalue weighted by Gasteiger charge is 2.27. The number of sulfone groups is 1. The summed E-state index contributed by atoms with van der Waals surface area (Å²) in [7, 11) is -3.60. The van der Waals surface area contributed by atoms with Crippen molar-refractivity contribution in [3.8, 4) is 11.1 Å². The fourth-order valence-electron chi connectivity index (χ4n) is 4.07. The number of aromatic amines is 1. The van der Waals surface area contributed by atoms with Gasteiger partial charge in [0, 0.05) is 35.3 Å². The third-order valence-electron chi connectivity index (χ3n) is 5.42. The molecule has 0 saturated carbocycles. The molecular formula is C24H22N2O5S. The van der Waals surface area contributed by atoms with Gasteiger partial charge in [0.05, 0.1) is 10.5 Å². The van der Waals surface area contributed by atoms with Crippen LogP contribution in [-0.2, 0) is 25.8 Å². The molecule has 1 aliphatic heterocycles. The minimum atomic E-state index is -3.60. The van der Waals surface area contributed by atoms with E-state index < -0.39 is 15.8 Å². The molecule has 3 N–H and O–H groups in total. The third kappa shape index (κ3) is 4.09. The number of carbonyl (C=O) groups is 2. The number of hydrogen-bond donors (Lipinski definition) is 3. The second-order valence-corrected chi connectivity index (χ2v) is 9.73. The molecular weight excluding hydrogens is 428 g/mol. The van der Waals surface area contributed by atoms with Gasteiger partial charge in [0.25, 0.3) is 5.91 Å². The molecule has 1 aromatic heterocycles. The Bertz CT molecular complexity index is 1370. The van der Waals surface area contributed by atoms with Gasteiger partial charge in [0.2, 0.25) is 0 Å². The standard InChI is InChI=1S/C24H22N2O5S/c1-14-23(32(2,30)31)17(9-11-22(27)28)21(25-14)13-19-18-12-16(15-6-4-3-5-7-15)8-10-20(18)26-24(19)29/h3-8,10,12-13,25H,9,11H2,1-2H3,(H,26,29)(H,27,28)/b19-13+. The van der Waals surface area contributed by atoms with Crippen LogP contribution in [0.15, 0.2) is 53.4 Å². The lowest BCUT2D eigenvalue weighted by atomic mass is 9.98. The lowest BCUT2D eigenvalue weighted by molar-refractivity contribution is -0.137. The third-order valence-corrected chi connectivity index (χ3v) is 6.71. The maximum Gasteiger partial charge on any atom is 0.303 e. The number of carbonyl (C=O) groups excluding carboxylic acids is 1. The van der Waals surface area contributed by atoms with E-state index in [1.807, 2.05) is 48.5 Å². The van der Waals surface area contributed by atoms with Crippen LogP contribution in [0.25, 0.3) is 22.8 Å². The summed E-state index contributed by atoms with van der Waals surface area (Å²) in [6.45, 7) is 1.62. The number of anilines is 1. The van der Waals surface area contributed by atoms with E-state index in [0.29, 0.717) is 33.8 Å². The molecule has 32 heavy (non-hydrogen) atoms. The molecule has 8 heteroatoms. The summed E-state index contributed by atoms with van der Waals surface area (Å²) in [5, 5.41) is 12.0. The smallest absolute Gasteiger partial charge is 0.303 e. The summed E-state index contributed by atoms with van der Waals surface area (Å²) < 4.78 is 24.7. The molecule has 1 amide bonds. The molecule has 0 radical (unpaired) electrons. The van der Waals surface area contributed by atoms with Gasteiger partial charge in [-0.25, -0.2) is 8.42 Å². The molecule has 1 aliphatic rings. The van der Waals surface area contributed by atoms with Crippen LogP contribution >= 0.6 is 0 Å². The summed E-state index contributed by atoms with van der Waals surface area (Å²) in [5.74, 6) is -1.33. The van der Waals surface area contributed by atoms with Crippen LogP contribution in [-0.4, -0.2) is 36.6 Å². The van der Waals surface area contributed by atoms with Crippen molar-refractivity contribution in [1.29, 1.82) is 0 Å². The lowest BCUT2D eigenvalue weighted by Crippen LogP contribution is -2.06. The molecule has 0 fully saturated rings. The van der Waals surface area contributed by atoms with Crippen LogP contribution in [0.1, 0.15) is 28.9 Å². The van der Waals surface area contributed by atoms with Crippen molar-refractivity contribution in [2.75, 3.05) is 11.6 Å². The Kier molecular flexibility index (Phi) is 5.48. The summed E-state index contributed by atoms with van der Waals surface area (Å²) in [6.07, 6.45) is 2.50. The van der Waals surface area contributed by atoms with Crippen LogP contribution in [0.2, 0.25) is 0 Å². The van der Waals surface area contributed by atoms with Crippen LogP contribution in [0, 0.1) is 6.92 Å². The first-order valence-electron chi connectivity index (χ1n) is 10.0. The van der Waals surface area contributed by atoms with E-state index in [-0.39, 0.29) is 23.6 Å². The Labute approximate surface area is 185 Å². The van der Waals surface area contributed by atoms with Gasteiger partial charge in [0.1, 0.15) is 0 Å². The van der Waals surface area contributed by atoms with Gasteiger partial charge in [-0.3, -0.25) is 9.59 Å². The highest BCUT2D eigenvalue weighted by Crippen LogP contribution is 2.37. The van der Waals surface area contributed by atoms with Gasteiger partial charge in [0.15, 0.2) is 9.84 Å². The molecule has 4 rings (SSSR count). The number of aromatic nitrogens is 1. The first-order chi connectivity index (χ1) is 15.1. The van der Waals surface area contributed by atoms with Crippen molar-refractivity contribution in [3.05, 3.63) is 71.0 Å². The van der Waals surface area contributed by atoms with Gasteiger partial charge in [-0.15, -0.1) is 0 Å². The minimum Gasteiger partial charge on any atom is -0.481 e. The largest absolute Gasteiger partial charge is 0.481 e. The fraction of sp³-hybridized carbons (Fsp3) is 0.167. The van der Waals surface area contributed by atoms with E-state index in [2.05, 4.69) is 10.3 Å². The number of nitrogens with one attached hydrogen (secondary N) is 2. The van der Waals surface area contributed by atoms with Crippen LogP contribution in [0.4, 0.5) is 5.69 Å². The summed E-state index contributed by atoms with van der Waals surface area (Å²) >= 11 is 0. The molecule has 0 atom stereocenters. The SMILES string of the molecule is Cc1[nH]c(/C=C2/C(=O)Nc3ccc(-c4ccccc4)cc32)c(CCC(=O)O)c1S(C)(=O)=O. The molecule has 0 spiro atoms. The molecule has 0 unspecified atom stereocenters. The summed E-state index contributed by atoms with van der Waals surface area (Å²) in [4.78, 5) is 27.0. The Hall–Kier alpha value is -3.65. The van der Waals surface area contributed by atoms with Gasteiger partial charge in [-0.2, -0.15) is 0 Å². The zero-order valence-electron chi connectivity index (χ0n) is 17.6. The second-order valence-electron chi connectivity index (χ2n) is 7.78. The average Bonchev–Trinajstić information content (AvgIpc) is 3.22. The number of benzene rings is 2. The molecule has 2 aromatic carbocycles. The maximum atomic E-state index is 12.7. The Morgan fingerprint density at radius 1 is 1.09 bits per heavy atom. The maximum absolute atomic E-state index is 12.7. The van der Waals surface area contributed by atoms with Gasteiger partial charge < -0.3 is 15.4 Å². The number of amides is 1. The molecule has 164 valence electrons. The Balaban J connectivity index is 1.85. The lowest BCUT2D eigenvalue weighted by Gasteiger charge is -2.06. The van der Waals surface area contributed by atoms with Crippen LogP contribution < -0.4 is 5.32 Å². The van der Waals surface area contributed by atoms with Crippen LogP contribution in [0.5, 0.6) is 0 Å². The monoisotopic (exact) mass is 450 g/mol. The van der Waals surface area contributed by atoms with Crippen molar-refractivity contribution in [2.45, 2.75) is 24.7 Å². The number of fused-ring (bicyclic) bond motifs is 1. The van der Waals surface area contributed by atoms with Gasteiger partial charge >= 0.3 is 5.97 Å². The van der Waals surface area contributed by atoms with Crippen molar-refractivity contribution < 1.29 is 23.1 Å². The zero-order valence-corrected chi connectivity index (χ0v) is 18.4. The first-order valence-corrected chi connectivity index (χ1v) is 11.9.